The lowest BCUT2D eigenvalue weighted by Gasteiger charge is -2.36. The number of likely N-dealkylation sites (N-methyl/N-ethyl adjacent to an activating group) is 1. The van der Waals surface area contributed by atoms with Crippen LogP contribution in [0.2, 0.25) is 0 Å². The van der Waals surface area contributed by atoms with Gasteiger partial charge in [-0.1, -0.05) is 6.07 Å². The predicted molar refractivity (Wildman–Crippen MR) is 134 cm³/mol. The predicted octanol–water partition coefficient (Wildman–Crippen LogP) is 3.27. The van der Waals surface area contributed by atoms with Crippen molar-refractivity contribution < 1.29 is 20.3 Å². The average Bonchev–Trinajstić information content (AvgIpc) is 3.18. The molecule has 1 aromatic carbocycles. The van der Waals surface area contributed by atoms with Crippen molar-refractivity contribution >= 4 is 29.5 Å². The van der Waals surface area contributed by atoms with Crippen LogP contribution in [0, 0.1) is 0 Å². The molecule has 0 spiro atoms. The first-order chi connectivity index (χ1) is 15.9. The summed E-state index contributed by atoms with van der Waals surface area (Å²) in [6.45, 7) is 15.1. The van der Waals surface area contributed by atoms with Crippen molar-refractivity contribution in [3.63, 3.8) is 0 Å². The summed E-state index contributed by atoms with van der Waals surface area (Å²) in [5, 5.41) is 34.3. The number of nitrogens with zero attached hydrogens (tertiary/aromatic N) is 6. The number of benzene rings is 1. The van der Waals surface area contributed by atoms with Gasteiger partial charge in [-0.2, -0.15) is 0 Å². The molecule has 3 aliphatic heterocycles. The number of carbonyl (C=O) groups is 1. The van der Waals surface area contributed by atoms with Crippen LogP contribution in [0.5, 0.6) is 5.75 Å². The van der Waals surface area contributed by atoms with Crippen LogP contribution in [0.25, 0.3) is 6.08 Å². The molecular weight excluding hydrogens is 448 g/mol. The third kappa shape index (κ3) is 3.46. The molecule has 1 amide bonds. The van der Waals surface area contributed by atoms with Crippen molar-refractivity contribution in [3.05, 3.63) is 35.0 Å². The molecule has 0 radical (unpaired) electrons. The maximum atomic E-state index is 13.0. The highest BCUT2D eigenvalue weighted by atomic mass is 16.5. The largest absolute Gasteiger partial charge is 0.507 e. The summed E-state index contributed by atoms with van der Waals surface area (Å²) >= 11 is 0. The Hall–Kier alpha value is -3.24. The van der Waals surface area contributed by atoms with Gasteiger partial charge >= 0.3 is 0 Å². The summed E-state index contributed by atoms with van der Waals surface area (Å²) in [6.07, 6.45) is 1.59. The molecule has 1 aromatic rings. The summed E-state index contributed by atoms with van der Waals surface area (Å²) in [5.41, 5.74) is -1.48. The van der Waals surface area contributed by atoms with E-state index in [1.165, 1.54) is 11.0 Å². The molecule has 3 aliphatic rings. The maximum absolute atomic E-state index is 13.0. The van der Waals surface area contributed by atoms with Gasteiger partial charge in [0.1, 0.15) is 11.4 Å². The number of phenols is 1. The number of hydrogen-bond acceptors (Lipinski definition) is 9. The van der Waals surface area contributed by atoms with E-state index in [2.05, 4.69) is 15.0 Å². The van der Waals surface area contributed by atoms with Gasteiger partial charge in [0.15, 0.2) is 17.5 Å². The Morgan fingerprint density at radius 1 is 0.829 bits per heavy atom. The molecule has 188 valence electrons. The number of carbonyl (C=O) groups excluding carboxylic acids is 1. The lowest BCUT2D eigenvalue weighted by molar-refractivity contribution is -0.121. The minimum Gasteiger partial charge on any atom is -0.507 e. The van der Waals surface area contributed by atoms with Gasteiger partial charge in [-0.05, 0) is 79.2 Å². The molecule has 0 aromatic heterocycles. The summed E-state index contributed by atoms with van der Waals surface area (Å²) in [4.78, 5) is 28.1. The molecule has 10 nitrogen and oxygen atoms in total. The molecule has 3 N–H and O–H groups in total. The SMILES string of the molecule is CN1C(=O)/C(=C\c2ccc(O)c(C3=NC(C)(C)C(C)(C)N3O)c2)N=C1C1=NC(C)(C)C(C)(C)N1O. The molecule has 0 bridgehead atoms. The third-order valence-corrected chi connectivity index (χ3v) is 8.06. The molecular formula is C25H34N6O4. The van der Waals surface area contributed by atoms with Crippen molar-refractivity contribution in [2.45, 2.75) is 77.5 Å². The van der Waals surface area contributed by atoms with E-state index in [0.717, 1.165) is 10.1 Å². The van der Waals surface area contributed by atoms with E-state index in [1.807, 2.05) is 55.4 Å². The molecule has 10 heteroatoms. The highest BCUT2D eigenvalue weighted by molar-refractivity contribution is 6.46. The first-order valence-electron chi connectivity index (χ1n) is 11.5. The van der Waals surface area contributed by atoms with Gasteiger partial charge in [0.2, 0.25) is 0 Å². The number of amides is 1. The summed E-state index contributed by atoms with van der Waals surface area (Å²) in [7, 11) is 1.58. The Kier molecular flexibility index (Phi) is 5.24. The van der Waals surface area contributed by atoms with Crippen LogP contribution in [-0.2, 0) is 4.79 Å². The van der Waals surface area contributed by atoms with Gasteiger partial charge in [0.25, 0.3) is 5.91 Å². The Balaban J connectivity index is 1.74. The number of amidine groups is 3. The minimum absolute atomic E-state index is 0.0433. The van der Waals surface area contributed by atoms with Crippen LogP contribution < -0.4 is 0 Å². The van der Waals surface area contributed by atoms with E-state index in [0.29, 0.717) is 11.1 Å². The van der Waals surface area contributed by atoms with Gasteiger partial charge in [0.05, 0.1) is 27.7 Å². The maximum Gasteiger partial charge on any atom is 0.277 e. The molecule has 0 fully saturated rings. The third-order valence-electron chi connectivity index (χ3n) is 8.06. The standard InChI is InChI=1S/C25H34N6O4/c1-22(2)24(5,6)30(34)18(27-22)15-12-14(10-11-17(15)32)13-16-21(33)29(9)19(26-16)20-28-23(3,4)25(7,8)31(20)35/h10-13,32,34-35H,1-9H3/b16-13+. The lowest BCUT2D eigenvalue weighted by atomic mass is 9.84. The van der Waals surface area contributed by atoms with Crippen molar-refractivity contribution in [2.24, 2.45) is 15.0 Å². The second-order valence-electron chi connectivity index (χ2n) is 11.3. The molecule has 4 rings (SSSR count). The first-order valence-corrected chi connectivity index (χ1v) is 11.5. The fourth-order valence-electron chi connectivity index (χ4n) is 4.04. The Morgan fingerprint density at radius 3 is 1.83 bits per heavy atom. The zero-order valence-electron chi connectivity index (χ0n) is 21.7. The minimum atomic E-state index is -0.688. The van der Waals surface area contributed by atoms with Crippen LogP contribution >= 0.6 is 0 Å². The molecule has 0 atom stereocenters. The molecule has 0 saturated carbocycles. The number of phenolic OH excluding ortho intramolecular Hbond substituents is 1. The molecule has 3 heterocycles. The van der Waals surface area contributed by atoms with Gasteiger partial charge in [0, 0.05) is 7.05 Å². The average molecular weight is 483 g/mol. The Bertz CT molecular complexity index is 1240. The van der Waals surface area contributed by atoms with Crippen LogP contribution in [-0.4, -0.2) is 83.2 Å². The molecule has 0 saturated heterocycles. The number of aromatic hydroxyl groups is 1. The van der Waals surface area contributed by atoms with Gasteiger partial charge in [-0.15, -0.1) is 0 Å². The zero-order chi connectivity index (χ0) is 26.3. The van der Waals surface area contributed by atoms with Gasteiger partial charge in [-0.25, -0.2) is 15.1 Å². The van der Waals surface area contributed by atoms with E-state index < -0.39 is 22.2 Å². The molecule has 0 aliphatic carbocycles. The number of hydrogen-bond donors (Lipinski definition) is 3. The Labute approximate surface area is 205 Å². The van der Waals surface area contributed by atoms with E-state index in [4.69, 9.17) is 0 Å². The van der Waals surface area contributed by atoms with Crippen molar-refractivity contribution in [2.75, 3.05) is 7.05 Å². The fourth-order valence-corrected chi connectivity index (χ4v) is 4.04. The van der Waals surface area contributed by atoms with Crippen LogP contribution in [0.1, 0.15) is 66.5 Å². The second kappa shape index (κ2) is 7.38. The normalized spacial score (nSPS) is 25.3. The highest BCUT2D eigenvalue weighted by Gasteiger charge is 2.52. The van der Waals surface area contributed by atoms with E-state index >= 15 is 0 Å². The van der Waals surface area contributed by atoms with Crippen molar-refractivity contribution in [1.29, 1.82) is 0 Å². The monoisotopic (exact) mass is 482 g/mol. The number of rotatable bonds is 3. The fraction of sp³-hybridized carbons (Fsp3) is 0.520. The summed E-state index contributed by atoms with van der Waals surface area (Å²) in [5.74, 6) is 0.339. The highest BCUT2D eigenvalue weighted by Crippen LogP contribution is 2.40. The van der Waals surface area contributed by atoms with E-state index in [-0.39, 0.29) is 34.9 Å². The van der Waals surface area contributed by atoms with Gasteiger partial charge in [-0.3, -0.25) is 30.1 Å². The van der Waals surface area contributed by atoms with Crippen molar-refractivity contribution in [3.8, 4) is 5.75 Å². The smallest absolute Gasteiger partial charge is 0.277 e. The lowest BCUT2D eigenvalue weighted by Crippen LogP contribution is -2.53. The first kappa shape index (κ1) is 24.9. The second-order valence-corrected chi connectivity index (χ2v) is 11.3. The summed E-state index contributed by atoms with van der Waals surface area (Å²) in [6, 6.07) is 4.80. The quantitative estimate of drug-likeness (QED) is 0.568. The number of hydroxylamine groups is 4. The van der Waals surface area contributed by atoms with Gasteiger partial charge < -0.3 is 5.11 Å². The topological polar surface area (TPSA) is 125 Å². The summed E-state index contributed by atoms with van der Waals surface area (Å²) < 4.78 is 0. The van der Waals surface area contributed by atoms with E-state index in [1.54, 1.807) is 25.3 Å². The Morgan fingerprint density at radius 2 is 1.34 bits per heavy atom. The van der Waals surface area contributed by atoms with Crippen LogP contribution in [0.15, 0.2) is 38.9 Å². The van der Waals surface area contributed by atoms with Crippen molar-refractivity contribution in [1.82, 2.24) is 15.0 Å². The number of aliphatic imine (C=N–C) groups is 3. The molecule has 35 heavy (non-hydrogen) atoms. The van der Waals surface area contributed by atoms with Crippen LogP contribution in [0.4, 0.5) is 0 Å². The van der Waals surface area contributed by atoms with E-state index in [9.17, 15) is 20.3 Å². The van der Waals surface area contributed by atoms with Crippen LogP contribution in [0.3, 0.4) is 0 Å². The molecule has 0 unspecified atom stereocenters. The zero-order valence-corrected chi connectivity index (χ0v) is 21.7.